The molecular formula is C13H11ClN2O2. The summed E-state index contributed by atoms with van der Waals surface area (Å²) in [5, 5.41) is 5.00. The van der Waals surface area contributed by atoms with Crippen LogP contribution >= 0.6 is 11.6 Å². The van der Waals surface area contributed by atoms with E-state index in [-0.39, 0.29) is 6.79 Å². The van der Waals surface area contributed by atoms with Crippen molar-refractivity contribution < 1.29 is 9.47 Å². The Hall–Kier alpha value is -1.52. The number of benzene rings is 1. The molecule has 2 aliphatic heterocycles. The van der Waals surface area contributed by atoms with Gasteiger partial charge in [0.2, 0.25) is 6.79 Å². The predicted molar refractivity (Wildman–Crippen MR) is 68.1 cm³/mol. The summed E-state index contributed by atoms with van der Waals surface area (Å²) in [5.74, 6) is 1.37. The Bertz CT molecular complexity index is 672. The minimum Gasteiger partial charge on any atom is -0.453 e. The second-order valence-electron chi connectivity index (χ2n) is 4.62. The summed E-state index contributed by atoms with van der Waals surface area (Å²) < 4.78 is 11.0. The first-order valence-corrected chi connectivity index (χ1v) is 6.26. The number of fused-ring (bicyclic) bond motifs is 5. The Morgan fingerprint density at radius 3 is 3.11 bits per heavy atom. The van der Waals surface area contributed by atoms with Gasteiger partial charge in [-0.05, 0) is 24.1 Å². The Labute approximate surface area is 109 Å². The largest absolute Gasteiger partial charge is 0.453 e. The van der Waals surface area contributed by atoms with Crippen molar-refractivity contribution in [3.8, 4) is 11.5 Å². The van der Waals surface area contributed by atoms with Crippen LogP contribution in [0.4, 0.5) is 0 Å². The lowest BCUT2D eigenvalue weighted by Gasteiger charge is -2.11. The fourth-order valence-electron chi connectivity index (χ4n) is 2.76. The molecule has 4 rings (SSSR count). The molecule has 1 aromatic heterocycles. The summed E-state index contributed by atoms with van der Waals surface area (Å²) in [4.78, 5) is 4.47. The number of hydrogen-bond acceptors (Lipinski definition) is 4. The minimum atomic E-state index is 0.222. The highest BCUT2D eigenvalue weighted by Gasteiger charge is 2.28. The van der Waals surface area contributed by atoms with Crippen LogP contribution in [-0.4, -0.2) is 11.8 Å². The molecule has 0 aliphatic carbocycles. The Morgan fingerprint density at radius 1 is 1.39 bits per heavy atom. The van der Waals surface area contributed by atoms with Gasteiger partial charge in [-0.2, -0.15) is 0 Å². The van der Waals surface area contributed by atoms with Crippen molar-refractivity contribution in [2.75, 3.05) is 6.79 Å². The number of nitrogens with one attached hydrogen (secondary N) is 1. The molecule has 0 saturated heterocycles. The molecule has 0 spiro atoms. The molecule has 2 aromatic rings. The van der Waals surface area contributed by atoms with Gasteiger partial charge >= 0.3 is 0 Å². The SMILES string of the molecule is C[C@@H]1NCc2cnc3cc(Cl)c4c(c3c21)OCO4. The average Bonchev–Trinajstić information content (AvgIpc) is 2.97. The predicted octanol–water partition coefficient (Wildman–Crippen LogP) is 2.78. The van der Waals surface area contributed by atoms with Crippen LogP contribution < -0.4 is 14.8 Å². The number of pyridine rings is 1. The van der Waals surface area contributed by atoms with Gasteiger partial charge in [0.05, 0.1) is 15.9 Å². The van der Waals surface area contributed by atoms with E-state index in [2.05, 4.69) is 17.2 Å². The highest BCUT2D eigenvalue weighted by Crippen LogP contribution is 2.47. The van der Waals surface area contributed by atoms with Gasteiger partial charge in [0.15, 0.2) is 11.5 Å². The molecule has 1 N–H and O–H groups in total. The zero-order chi connectivity index (χ0) is 12.3. The van der Waals surface area contributed by atoms with Crippen LogP contribution in [0.25, 0.3) is 10.9 Å². The molecule has 0 saturated carbocycles. The van der Waals surface area contributed by atoms with E-state index in [0.29, 0.717) is 16.8 Å². The van der Waals surface area contributed by atoms with Gasteiger partial charge in [-0.15, -0.1) is 0 Å². The van der Waals surface area contributed by atoms with Crippen LogP contribution in [0.1, 0.15) is 24.1 Å². The lowest BCUT2D eigenvalue weighted by atomic mass is 10.0. The number of halogens is 1. The van der Waals surface area contributed by atoms with Crippen molar-refractivity contribution in [3.05, 3.63) is 28.4 Å². The van der Waals surface area contributed by atoms with Gasteiger partial charge in [-0.1, -0.05) is 11.6 Å². The van der Waals surface area contributed by atoms with Gasteiger partial charge in [-0.3, -0.25) is 4.98 Å². The quantitative estimate of drug-likeness (QED) is 0.793. The summed E-state index contributed by atoms with van der Waals surface area (Å²) in [6.07, 6.45) is 1.91. The third-order valence-corrected chi connectivity index (χ3v) is 3.86. The van der Waals surface area contributed by atoms with Gasteiger partial charge in [0, 0.05) is 18.8 Å². The maximum absolute atomic E-state index is 6.18. The van der Waals surface area contributed by atoms with E-state index in [1.807, 2.05) is 12.3 Å². The zero-order valence-corrected chi connectivity index (χ0v) is 10.5. The van der Waals surface area contributed by atoms with Crippen molar-refractivity contribution in [3.63, 3.8) is 0 Å². The van der Waals surface area contributed by atoms with Crippen molar-refractivity contribution >= 4 is 22.5 Å². The molecule has 4 nitrogen and oxygen atoms in total. The number of aromatic nitrogens is 1. The summed E-state index contributed by atoms with van der Waals surface area (Å²) in [6.45, 7) is 3.21. The van der Waals surface area contributed by atoms with Crippen LogP contribution in [0, 0.1) is 0 Å². The van der Waals surface area contributed by atoms with Crippen molar-refractivity contribution in [1.82, 2.24) is 10.3 Å². The molecule has 18 heavy (non-hydrogen) atoms. The number of ether oxygens (including phenoxy) is 2. The molecule has 3 heterocycles. The van der Waals surface area contributed by atoms with Crippen LogP contribution in [0.2, 0.25) is 5.02 Å². The summed E-state index contributed by atoms with van der Waals surface area (Å²) >= 11 is 6.18. The standard InChI is InChI=1S/C13H11ClN2O2/c1-6-10-7(3-15-6)4-16-9-2-8(14)12-13(11(9)10)18-5-17-12/h2,4,6,15H,3,5H2,1H3/t6-/m0/s1. The van der Waals surface area contributed by atoms with Crippen LogP contribution in [0.3, 0.4) is 0 Å². The Balaban J connectivity index is 2.17. The molecule has 1 aromatic carbocycles. The van der Waals surface area contributed by atoms with Crippen LogP contribution in [0.5, 0.6) is 11.5 Å². The van der Waals surface area contributed by atoms with E-state index in [0.717, 1.165) is 23.2 Å². The first kappa shape index (κ1) is 10.4. The van der Waals surface area contributed by atoms with Gasteiger partial charge in [-0.25, -0.2) is 0 Å². The first-order chi connectivity index (χ1) is 8.75. The fraction of sp³-hybridized carbons (Fsp3) is 0.308. The van der Waals surface area contributed by atoms with E-state index < -0.39 is 0 Å². The van der Waals surface area contributed by atoms with Crippen LogP contribution in [-0.2, 0) is 6.54 Å². The monoisotopic (exact) mass is 262 g/mol. The van der Waals surface area contributed by atoms with Gasteiger partial charge in [0.1, 0.15) is 0 Å². The molecule has 0 bridgehead atoms. The van der Waals surface area contributed by atoms with E-state index in [9.17, 15) is 0 Å². The normalized spacial score (nSPS) is 20.4. The third kappa shape index (κ3) is 1.22. The van der Waals surface area contributed by atoms with Crippen molar-refractivity contribution in [2.24, 2.45) is 0 Å². The van der Waals surface area contributed by atoms with Crippen LogP contribution in [0.15, 0.2) is 12.3 Å². The topological polar surface area (TPSA) is 43.4 Å². The number of nitrogens with zero attached hydrogens (tertiary/aromatic N) is 1. The fourth-order valence-corrected chi connectivity index (χ4v) is 3.00. The molecule has 1 atom stereocenters. The molecule has 0 fully saturated rings. The molecule has 0 radical (unpaired) electrons. The van der Waals surface area contributed by atoms with E-state index in [4.69, 9.17) is 21.1 Å². The molecular weight excluding hydrogens is 252 g/mol. The molecule has 2 aliphatic rings. The Morgan fingerprint density at radius 2 is 2.22 bits per heavy atom. The van der Waals surface area contributed by atoms with Crippen molar-refractivity contribution in [2.45, 2.75) is 19.5 Å². The summed E-state index contributed by atoms with van der Waals surface area (Å²) in [7, 11) is 0. The molecule has 5 heteroatoms. The maximum Gasteiger partial charge on any atom is 0.231 e. The second-order valence-corrected chi connectivity index (χ2v) is 5.02. The van der Waals surface area contributed by atoms with E-state index in [1.165, 1.54) is 11.1 Å². The zero-order valence-electron chi connectivity index (χ0n) is 9.79. The molecule has 0 unspecified atom stereocenters. The molecule has 0 amide bonds. The molecule has 92 valence electrons. The lowest BCUT2D eigenvalue weighted by Crippen LogP contribution is -2.07. The lowest BCUT2D eigenvalue weighted by molar-refractivity contribution is 0.175. The second kappa shape index (κ2) is 3.49. The first-order valence-electron chi connectivity index (χ1n) is 5.88. The maximum atomic E-state index is 6.18. The third-order valence-electron chi connectivity index (χ3n) is 3.58. The minimum absolute atomic E-state index is 0.222. The Kier molecular flexibility index (Phi) is 2.02. The highest BCUT2D eigenvalue weighted by molar-refractivity contribution is 6.33. The van der Waals surface area contributed by atoms with Gasteiger partial charge in [0.25, 0.3) is 0 Å². The van der Waals surface area contributed by atoms with Crippen molar-refractivity contribution in [1.29, 1.82) is 0 Å². The number of hydrogen-bond donors (Lipinski definition) is 1. The smallest absolute Gasteiger partial charge is 0.231 e. The van der Waals surface area contributed by atoms with E-state index in [1.54, 1.807) is 0 Å². The highest BCUT2D eigenvalue weighted by atomic mass is 35.5. The summed E-state index contributed by atoms with van der Waals surface area (Å²) in [5.41, 5.74) is 3.33. The summed E-state index contributed by atoms with van der Waals surface area (Å²) in [6, 6.07) is 2.13. The average molecular weight is 263 g/mol. The van der Waals surface area contributed by atoms with E-state index >= 15 is 0 Å². The number of rotatable bonds is 0. The van der Waals surface area contributed by atoms with Gasteiger partial charge < -0.3 is 14.8 Å².